The Morgan fingerprint density at radius 1 is 1.19 bits per heavy atom. The highest BCUT2D eigenvalue weighted by Gasteiger charge is 2.17. The highest BCUT2D eigenvalue weighted by Crippen LogP contribution is 2.25. The van der Waals surface area contributed by atoms with Crippen molar-refractivity contribution < 1.29 is 19.0 Å². The Morgan fingerprint density at radius 3 is 2.67 bits per heavy atom. The Hall–Kier alpha value is -2.64. The summed E-state index contributed by atoms with van der Waals surface area (Å²) in [6, 6.07) is 14.4. The van der Waals surface area contributed by atoms with Crippen molar-refractivity contribution in [3.05, 3.63) is 54.1 Å². The molecule has 27 heavy (non-hydrogen) atoms. The summed E-state index contributed by atoms with van der Waals surface area (Å²) in [5.74, 6) is 0.794. The van der Waals surface area contributed by atoms with Gasteiger partial charge in [-0.15, -0.1) is 0 Å². The molecule has 0 aromatic heterocycles. The molecule has 2 N–H and O–H groups in total. The predicted molar refractivity (Wildman–Crippen MR) is 108 cm³/mol. The smallest absolute Gasteiger partial charge is 0.261 e. The summed E-state index contributed by atoms with van der Waals surface area (Å²) in [6.07, 6.45) is 2.19. The molecule has 0 saturated carbocycles. The Labute approximate surface area is 163 Å². The third kappa shape index (κ3) is 5.18. The van der Waals surface area contributed by atoms with Crippen LogP contribution >= 0.6 is 12.2 Å². The molecule has 1 aliphatic rings. The lowest BCUT2D eigenvalue weighted by Gasteiger charge is -2.16. The molecule has 1 amide bonds. The number of carbonyl (C=O) groups is 1. The zero-order valence-electron chi connectivity index (χ0n) is 15.1. The van der Waals surface area contributed by atoms with E-state index in [0.717, 1.165) is 19.4 Å². The first-order valence-corrected chi connectivity index (χ1v) is 9.17. The van der Waals surface area contributed by atoms with Gasteiger partial charge in [0.15, 0.2) is 5.11 Å². The quantitative estimate of drug-likeness (QED) is 0.742. The van der Waals surface area contributed by atoms with Gasteiger partial charge >= 0.3 is 0 Å². The van der Waals surface area contributed by atoms with Crippen molar-refractivity contribution in [2.45, 2.75) is 18.9 Å². The number of rotatable bonds is 6. The molecule has 3 rings (SSSR count). The van der Waals surface area contributed by atoms with Crippen LogP contribution in [0.25, 0.3) is 0 Å². The van der Waals surface area contributed by atoms with Crippen LogP contribution < -0.4 is 20.1 Å². The number of methoxy groups -OCH3 is 1. The lowest BCUT2D eigenvalue weighted by Crippen LogP contribution is -2.34. The number of para-hydroxylation sites is 3. The minimum absolute atomic E-state index is 0.121. The van der Waals surface area contributed by atoms with Gasteiger partial charge in [0.2, 0.25) is 0 Å². The molecule has 142 valence electrons. The number of amides is 1. The maximum absolute atomic E-state index is 12.4. The van der Waals surface area contributed by atoms with Crippen molar-refractivity contribution in [3.63, 3.8) is 0 Å². The molecule has 7 heteroatoms. The van der Waals surface area contributed by atoms with Crippen LogP contribution in [0.15, 0.2) is 48.5 Å². The molecule has 0 aliphatic carbocycles. The third-order valence-electron chi connectivity index (χ3n) is 4.16. The molecule has 1 fully saturated rings. The van der Waals surface area contributed by atoms with Gasteiger partial charge in [0, 0.05) is 6.61 Å². The van der Waals surface area contributed by atoms with Crippen LogP contribution in [0.5, 0.6) is 11.5 Å². The van der Waals surface area contributed by atoms with Gasteiger partial charge in [0.05, 0.1) is 24.5 Å². The normalized spacial score (nSPS) is 15.8. The van der Waals surface area contributed by atoms with E-state index in [-0.39, 0.29) is 17.1 Å². The summed E-state index contributed by atoms with van der Waals surface area (Å²) in [4.78, 5) is 12.4. The first-order chi connectivity index (χ1) is 13.2. The number of anilines is 1. The van der Waals surface area contributed by atoms with Crippen LogP contribution in [0, 0.1) is 0 Å². The van der Waals surface area contributed by atoms with Gasteiger partial charge < -0.3 is 19.5 Å². The van der Waals surface area contributed by atoms with Gasteiger partial charge in [-0.2, -0.15) is 0 Å². The van der Waals surface area contributed by atoms with E-state index in [1.165, 1.54) is 7.11 Å². The van der Waals surface area contributed by atoms with Crippen molar-refractivity contribution in [1.29, 1.82) is 0 Å². The zero-order chi connectivity index (χ0) is 19.1. The average Bonchev–Trinajstić information content (AvgIpc) is 3.20. The first-order valence-electron chi connectivity index (χ1n) is 8.76. The Kier molecular flexibility index (Phi) is 6.62. The number of thiocarbonyl (C=S) groups is 1. The van der Waals surface area contributed by atoms with Gasteiger partial charge in [-0.25, -0.2) is 0 Å². The molecular formula is C20H22N2O4S. The van der Waals surface area contributed by atoms with Crippen LogP contribution in [0.4, 0.5) is 5.69 Å². The lowest BCUT2D eigenvalue weighted by atomic mass is 10.2. The van der Waals surface area contributed by atoms with Gasteiger partial charge in [0.25, 0.3) is 5.91 Å². The minimum Gasteiger partial charge on any atom is -0.496 e. The molecule has 0 radical (unpaired) electrons. The van der Waals surface area contributed by atoms with Crippen molar-refractivity contribution in [2.24, 2.45) is 0 Å². The molecule has 0 spiro atoms. The lowest BCUT2D eigenvalue weighted by molar-refractivity contribution is 0.0682. The van der Waals surface area contributed by atoms with Crippen LogP contribution in [-0.2, 0) is 4.74 Å². The van der Waals surface area contributed by atoms with E-state index in [1.54, 1.807) is 24.3 Å². The van der Waals surface area contributed by atoms with E-state index in [4.69, 9.17) is 26.4 Å². The SMILES string of the molecule is COc1ccccc1C(=O)NC(=S)Nc1ccccc1OCC1CCCO1. The second-order valence-electron chi connectivity index (χ2n) is 6.05. The summed E-state index contributed by atoms with van der Waals surface area (Å²) < 4.78 is 16.7. The molecule has 6 nitrogen and oxygen atoms in total. The summed E-state index contributed by atoms with van der Waals surface area (Å²) in [5, 5.41) is 5.86. The number of benzene rings is 2. The zero-order valence-corrected chi connectivity index (χ0v) is 15.9. The number of carbonyl (C=O) groups excluding carboxylic acids is 1. The van der Waals surface area contributed by atoms with Gasteiger partial charge in [-0.05, 0) is 49.3 Å². The van der Waals surface area contributed by atoms with E-state index >= 15 is 0 Å². The number of hydrogen-bond acceptors (Lipinski definition) is 5. The van der Waals surface area contributed by atoms with E-state index in [9.17, 15) is 4.79 Å². The number of ether oxygens (including phenoxy) is 3. The highest BCUT2D eigenvalue weighted by atomic mass is 32.1. The molecule has 1 heterocycles. The molecule has 2 aromatic carbocycles. The standard InChI is InChI=1S/C20H22N2O4S/c1-24-17-10-4-2-8-15(17)19(23)22-20(27)21-16-9-3-5-11-18(16)26-13-14-7-6-12-25-14/h2-5,8-11,14H,6-7,12-13H2,1H3,(H2,21,22,23,27). The number of nitrogens with one attached hydrogen (secondary N) is 2. The molecule has 1 atom stereocenters. The molecule has 1 saturated heterocycles. The van der Waals surface area contributed by atoms with Crippen LogP contribution in [-0.4, -0.2) is 37.4 Å². The van der Waals surface area contributed by atoms with E-state index in [0.29, 0.717) is 29.4 Å². The van der Waals surface area contributed by atoms with Gasteiger partial charge in [-0.3, -0.25) is 10.1 Å². The molecular weight excluding hydrogens is 364 g/mol. The molecule has 2 aromatic rings. The average molecular weight is 386 g/mol. The Balaban J connectivity index is 1.61. The topological polar surface area (TPSA) is 68.8 Å². The first kappa shape index (κ1) is 19.1. The Bertz CT molecular complexity index is 806. The van der Waals surface area contributed by atoms with E-state index in [2.05, 4.69) is 10.6 Å². The summed E-state index contributed by atoms with van der Waals surface area (Å²) in [5.41, 5.74) is 1.09. The summed E-state index contributed by atoms with van der Waals surface area (Å²) in [7, 11) is 1.52. The summed E-state index contributed by atoms with van der Waals surface area (Å²) in [6.45, 7) is 1.27. The van der Waals surface area contributed by atoms with Gasteiger partial charge in [0.1, 0.15) is 18.1 Å². The molecule has 1 aliphatic heterocycles. The predicted octanol–water partition coefficient (Wildman–Crippen LogP) is 3.38. The maximum Gasteiger partial charge on any atom is 0.261 e. The van der Waals surface area contributed by atoms with Crippen molar-refractivity contribution in [2.75, 3.05) is 25.6 Å². The van der Waals surface area contributed by atoms with Crippen molar-refractivity contribution in [1.82, 2.24) is 5.32 Å². The van der Waals surface area contributed by atoms with E-state index in [1.807, 2.05) is 24.3 Å². The van der Waals surface area contributed by atoms with Crippen molar-refractivity contribution in [3.8, 4) is 11.5 Å². The second kappa shape index (κ2) is 9.34. The van der Waals surface area contributed by atoms with Gasteiger partial charge in [-0.1, -0.05) is 24.3 Å². The van der Waals surface area contributed by atoms with Crippen LogP contribution in [0.3, 0.4) is 0 Å². The fourth-order valence-electron chi connectivity index (χ4n) is 2.81. The van der Waals surface area contributed by atoms with Crippen LogP contribution in [0.2, 0.25) is 0 Å². The third-order valence-corrected chi connectivity index (χ3v) is 4.37. The van der Waals surface area contributed by atoms with E-state index < -0.39 is 0 Å². The minimum atomic E-state index is -0.345. The summed E-state index contributed by atoms with van der Waals surface area (Å²) >= 11 is 5.28. The maximum atomic E-state index is 12.4. The molecule has 0 bridgehead atoms. The second-order valence-corrected chi connectivity index (χ2v) is 6.46. The largest absolute Gasteiger partial charge is 0.496 e. The van der Waals surface area contributed by atoms with Crippen molar-refractivity contribution >= 4 is 28.9 Å². The fraction of sp³-hybridized carbons (Fsp3) is 0.300. The Morgan fingerprint density at radius 2 is 1.93 bits per heavy atom. The highest BCUT2D eigenvalue weighted by molar-refractivity contribution is 7.80. The molecule has 1 unspecified atom stereocenters. The monoisotopic (exact) mass is 386 g/mol. The fourth-order valence-corrected chi connectivity index (χ4v) is 3.01. The number of hydrogen-bond donors (Lipinski definition) is 2. The van der Waals surface area contributed by atoms with Crippen LogP contribution in [0.1, 0.15) is 23.2 Å².